The molecule has 1 unspecified atom stereocenters. The number of aryl methyl sites for hydroxylation is 1. The summed E-state index contributed by atoms with van der Waals surface area (Å²) in [6.07, 6.45) is 11.0. The van der Waals surface area contributed by atoms with Gasteiger partial charge >= 0.3 is 0 Å². The van der Waals surface area contributed by atoms with Gasteiger partial charge in [-0.3, -0.25) is 0 Å². The Morgan fingerprint density at radius 3 is 2.90 bits per heavy atom. The molecule has 3 heteroatoms. The van der Waals surface area contributed by atoms with E-state index in [1.807, 2.05) is 12.5 Å². The molecule has 2 aromatic rings. The first kappa shape index (κ1) is 14.3. The molecule has 3 nitrogen and oxygen atoms in total. The van der Waals surface area contributed by atoms with E-state index in [9.17, 15) is 0 Å². The molecule has 0 radical (unpaired) electrons. The predicted octanol–water partition coefficient (Wildman–Crippen LogP) is 3.23. The summed E-state index contributed by atoms with van der Waals surface area (Å²) in [7, 11) is 0. The first-order valence-corrected chi connectivity index (χ1v) is 8.12. The Kier molecular flexibility index (Phi) is 5.06. The molecule has 1 aliphatic rings. The molecule has 21 heavy (non-hydrogen) atoms. The molecule has 1 aromatic carbocycles. The van der Waals surface area contributed by atoms with E-state index in [-0.39, 0.29) is 0 Å². The number of benzene rings is 1. The van der Waals surface area contributed by atoms with Gasteiger partial charge < -0.3 is 9.47 Å². The second kappa shape index (κ2) is 7.41. The molecule has 3 rings (SSSR count). The number of hydrogen-bond donors (Lipinski definition) is 0. The molecule has 1 aliphatic heterocycles. The van der Waals surface area contributed by atoms with Gasteiger partial charge in [0.15, 0.2) is 0 Å². The molecule has 0 bridgehead atoms. The Morgan fingerprint density at radius 2 is 2.10 bits per heavy atom. The summed E-state index contributed by atoms with van der Waals surface area (Å²) in [5.41, 5.74) is 1.46. The Morgan fingerprint density at radius 1 is 1.19 bits per heavy atom. The van der Waals surface area contributed by atoms with Crippen LogP contribution in [0, 0.1) is 5.92 Å². The van der Waals surface area contributed by atoms with Crippen LogP contribution in [0.2, 0.25) is 0 Å². The first-order chi connectivity index (χ1) is 10.4. The second-order valence-corrected chi connectivity index (χ2v) is 6.16. The quantitative estimate of drug-likeness (QED) is 0.811. The van der Waals surface area contributed by atoms with Crippen LogP contribution in [0.1, 0.15) is 24.8 Å². The van der Waals surface area contributed by atoms with Crippen molar-refractivity contribution in [2.24, 2.45) is 5.92 Å². The maximum atomic E-state index is 4.14. The lowest BCUT2D eigenvalue weighted by atomic mass is 9.97. The van der Waals surface area contributed by atoms with Gasteiger partial charge in [0.05, 0.1) is 6.33 Å². The Balaban J connectivity index is 1.41. The van der Waals surface area contributed by atoms with Crippen LogP contribution in [-0.2, 0) is 13.0 Å². The normalized spacial score (nSPS) is 19.7. The highest BCUT2D eigenvalue weighted by Crippen LogP contribution is 2.18. The molecule has 0 saturated carbocycles. The van der Waals surface area contributed by atoms with E-state index in [1.54, 1.807) is 0 Å². The summed E-state index contributed by atoms with van der Waals surface area (Å²) in [5, 5.41) is 0. The van der Waals surface area contributed by atoms with Crippen molar-refractivity contribution < 1.29 is 0 Å². The van der Waals surface area contributed by atoms with Gasteiger partial charge in [-0.05, 0) is 50.3 Å². The summed E-state index contributed by atoms with van der Waals surface area (Å²) < 4.78 is 2.22. The minimum atomic E-state index is 0.782. The Bertz CT molecular complexity index is 507. The molecule has 0 spiro atoms. The summed E-state index contributed by atoms with van der Waals surface area (Å²) in [6, 6.07) is 10.8. The average molecular weight is 283 g/mol. The van der Waals surface area contributed by atoms with E-state index in [1.165, 1.54) is 50.9 Å². The van der Waals surface area contributed by atoms with E-state index in [2.05, 4.69) is 51.0 Å². The van der Waals surface area contributed by atoms with Gasteiger partial charge in [0.1, 0.15) is 0 Å². The molecule has 1 fully saturated rings. The number of imidazole rings is 1. The van der Waals surface area contributed by atoms with Crippen molar-refractivity contribution in [2.45, 2.75) is 32.2 Å². The van der Waals surface area contributed by atoms with Crippen LogP contribution in [0.25, 0.3) is 0 Å². The van der Waals surface area contributed by atoms with Crippen molar-refractivity contribution >= 4 is 0 Å². The van der Waals surface area contributed by atoms with E-state index < -0.39 is 0 Å². The highest BCUT2D eigenvalue weighted by atomic mass is 15.1. The second-order valence-electron chi connectivity index (χ2n) is 6.16. The zero-order valence-electron chi connectivity index (χ0n) is 12.7. The SMILES string of the molecule is c1ccc(CCCN2CCCC(Cn3ccnc3)C2)cc1. The van der Waals surface area contributed by atoms with Gasteiger partial charge in [0, 0.05) is 25.5 Å². The Labute approximate surface area is 127 Å². The standard InChI is InChI=1S/C18H25N3/c1-2-6-17(7-3-1)8-4-11-20-12-5-9-18(14-20)15-21-13-10-19-16-21/h1-3,6-7,10,13,16,18H,4-5,8-9,11-12,14-15H2. The number of nitrogens with zero attached hydrogens (tertiary/aromatic N) is 3. The van der Waals surface area contributed by atoms with Gasteiger partial charge in [-0.1, -0.05) is 30.3 Å². The van der Waals surface area contributed by atoms with E-state index in [0.717, 1.165) is 12.5 Å². The zero-order chi connectivity index (χ0) is 14.3. The molecular weight excluding hydrogens is 258 g/mol. The van der Waals surface area contributed by atoms with Crippen molar-refractivity contribution in [1.82, 2.24) is 14.5 Å². The van der Waals surface area contributed by atoms with Gasteiger partial charge in [0.2, 0.25) is 0 Å². The lowest BCUT2D eigenvalue weighted by molar-refractivity contribution is 0.161. The fourth-order valence-electron chi connectivity index (χ4n) is 3.35. The number of rotatable bonds is 6. The summed E-state index contributed by atoms with van der Waals surface area (Å²) in [4.78, 5) is 6.79. The van der Waals surface area contributed by atoms with Gasteiger partial charge in [0.25, 0.3) is 0 Å². The molecular formula is C18H25N3. The average Bonchev–Trinajstić information content (AvgIpc) is 3.02. The Hall–Kier alpha value is -1.61. The highest BCUT2D eigenvalue weighted by Gasteiger charge is 2.19. The van der Waals surface area contributed by atoms with Crippen molar-refractivity contribution in [1.29, 1.82) is 0 Å². The summed E-state index contributed by atoms with van der Waals surface area (Å²) in [5.74, 6) is 0.782. The predicted molar refractivity (Wildman–Crippen MR) is 86.2 cm³/mol. The monoisotopic (exact) mass is 283 g/mol. The minimum Gasteiger partial charge on any atom is -0.337 e. The van der Waals surface area contributed by atoms with Gasteiger partial charge in [-0.2, -0.15) is 0 Å². The first-order valence-electron chi connectivity index (χ1n) is 8.12. The topological polar surface area (TPSA) is 21.1 Å². The van der Waals surface area contributed by atoms with Crippen molar-refractivity contribution in [3.8, 4) is 0 Å². The van der Waals surface area contributed by atoms with Crippen molar-refractivity contribution in [3.05, 3.63) is 54.6 Å². The van der Waals surface area contributed by atoms with Crippen LogP contribution in [0.15, 0.2) is 49.1 Å². The maximum absolute atomic E-state index is 4.14. The molecule has 1 saturated heterocycles. The van der Waals surface area contributed by atoms with E-state index in [4.69, 9.17) is 0 Å². The van der Waals surface area contributed by atoms with Crippen LogP contribution in [-0.4, -0.2) is 34.1 Å². The third-order valence-corrected chi connectivity index (χ3v) is 4.41. The third-order valence-electron chi connectivity index (χ3n) is 4.41. The fourth-order valence-corrected chi connectivity index (χ4v) is 3.35. The number of aromatic nitrogens is 2. The highest BCUT2D eigenvalue weighted by molar-refractivity contribution is 5.14. The number of piperidine rings is 1. The molecule has 112 valence electrons. The van der Waals surface area contributed by atoms with Gasteiger partial charge in [-0.15, -0.1) is 0 Å². The molecule has 0 N–H and O–H groups in total. The lowest BCUT2D eigenvalue weighted by Crippen LogP contribution is -2.37. The van der Waals surface area contributed by atoms with Crippen molar-refractivity contribution in [2.75, 3.05) is 19.6 Å². The van der Waals surface area contributed by atoms with Gasteiger partial charge in [-0.25, -0.2) is 4.98 Å². The summed E-state index contributed by atoms with van der Waals surface area (Å²) >= 11 is 0. The molecule has 2 heterocycles. The van der Waals surface area contributed by atoms with E-state index >= 15 is 0 Å². The molecule has 0 aliphatic carbocycles. The largest absolute Gasteiger partial charge is 0.337 e. The number of hydrogen-bond acceptors (Lipinski definition) is 2. The van der Waals surface area contributed by atoms with Crippen LogP contribution in [0.5, 0.6) is 0 Å². The zero-order valence-corrected chi connectivity index (χ0v) is 12.7. The third kappa shape index (κ3) is 4.43. The van der Waals surface area contributed by atoms with Crippen LogP contribution < -0.4 is 0 Å². The van der Waals surface area contributed by atoms with Crippen LogP contribution in [0.4, 0.5) is 0 Å². The summed E-state index contributed by atoms with van der Waals surface area (Å²) in [6.45, 7) is 4.87. The van der Waals surface area contributed by atoms with Crippen LogP contribution in [0.3, 0.4) is 0 Å². The van der Waals surface area contributed by atoms with Crippen molar-refractivity contribution in [3.63, 3.8) is 0 Å². The molecule has 0 amide bonds. The molecule has 1 atom stereocenters. The van der Waals surface area contributed by atoms with E-state index in [0.29, 0.717) is 0 Å². The minimum absolute atomic E-state index is 0.782. The lowest BCUT2D eigenvalue weighted by Gasteiger charge is -2.32. The smallest absolute Gasteiger partial charge is 0.0946 e. The molecule has 1 aromatic heterocycles. The van der Waals surface area contributed by atoms with Crippen LogP contribution >= 0.6 is 0 Å². The fraction of sp³-hybridized carbons (Fsp3) is 0.500. The maximum Gasteiger partial charge on any atom is 0.0946 e. The number of likely N-dealkylation sites (tertiary alicyclic amines) is 1.